The van der Waals surface area contributed by atoms with Gasteiger partial charge in [-0.25, -0.2) is 4.98 Å². The molecule has 15 aromatic rings. The van der Waals surface area contributed by atoms with Crippen molar-refractivity contribution in [2.45, 2.75) is 0 Å². The van der Waals surface area contributed by atoms with E-state index in [4.69, 9.17) is 14.4 Å². The van der Waals surface area contributed by atoms with Crippen LogP contribution in [0.25, 0.3) is 137 Å². The van der Waals surface area contributed by atoms with Crippen LogP contribution in [0.15, 0.2) is 192 Å². The highest BCUT2D eigenvalue weighted by atomic mass is 16.3. The van der Waals surface area contributed by atoms with Crippen molar-refractivity contribution in [1.82, 2.24) is 23.5 Å². The van der Waals surface area contributed by atoms with Gasteiger partial charge in [-0.2, -0.15) is 4.98 Å². The number of fused-ring (bicyclic) bond motifs is 18. The van der Waals surface area contributed by atoms with Gasteiger partial charge >= 0.3 is 0 Å². The molecule has 0 aliphatic rings. The summed E-state index contributed by atoms with van der Waals surface area (Å²) in [4.78, 5) is 10.9. The molecule has 62 heavy (non-hydrogen) atoms. The number of rotatable bonds is 3. The van der Waals surface area contributed by atoms with Crippen LogP contribution in [0.2, 0.25) is 0 Å². The van der Waals surface area contributed by atoms with Crippen molar-refractivity contribution in [2.24, 2.45) is 0 Å². The second kappa shape index (κ2) is 11.6. The largest absolute Gasteiger partial charge is 0.437 e. The predicted molar refractivity (Wildman–Crippen MR) is 256 cm³/mol. The molecule has 0 atom stereocenters. The standard InChI is InChI=1S/C56H31N5O/c1-2-15-34(16-3-1)59-43-22-10-6-18-36(43)40-30-33(27-28-46(40)59)54-57-55(51-39-21-9-13-25-48(39)62-56(51)58-54)61-44-23-11-7-19-37(44)41-31-42-49-35-17-5-4-14-32(35)26-29-47(49)60-45-24-12-8-20-38(45)50(52(41)61)53(42)60/h1-31H. The molecular weight excluding hydrogens is 759 g/mol. The zero-order valence-corrected chi connectivity index (χ0v) is 33.0. The maximum atomic E-state index is 6.70. The molecule has 0 aliphatic carbocycles. The summed E-state index contributed by atoms with van der Waals surface area (Å²) >= 11 is 0. The average Bonchev–Trinajstić information content (AvgIpc) is 4.13. The van der Waals surface area contributed by atoms with Crippen molar-refractivity contribution in [2.75, 3.05) is 0 Å². The van der Waals surface area contributed by atoms with Gasteiger partial charge in [-0.1, -0.05) is 121 Å². The van der Waals surface area contributed by atoms with E-state index in [0.717, 1.165) is 60.9 Å². The zero-order valence-electron chi connectivity index (χ0n) is 33.0. The molecule has 0 amide bonds. The fraction of sp³-hybridized carbons (Fsp3) is 0. The normalized spacial score (nSPS) is 12.5. The number of nitrogens with zero attached hydrogens (tertiary/aromatic N) is 5. The Bertz CT molecular complexity index is 4390. The van der Waals surface area contributed by atoms with Crippen LogP contribution in [0.4, 0.5) is 0 Å². The molecule has 0 unspecified atom stereocenters. The van der Waals surface area contributed by atoms with Crippen molar-refractivity contribution in [1.29, 1.82) is 0 Å². The summed E-state index contributed by atoms with van der Waals surface area (Å²) in [7, 11) is 0. The number of furan rings is 1. The summed E-state index contributed by atoms with van der Waals surface area (Å²) in [6.07, 6.45) is 0. The summed E-state index contributed by atoms with van der Waals surface area (Å²) in [5, 5.41) is 14.0. The SMILES string of the molecule is c1ccc(-n2c3ccccc3c3cc(-c4nc(-n5c6ccccc6c6cc7c8c9ccccc9ccc8n8c9ccccc9c(c65)c78)c5c(n4)oc4ccccc45)ccc32)cc1. The molecule has 6 heteroatoms. The molecule has 6 nitrogen and oxygen atoms in total. The van der Waals surface area contributed by atoms with Crippen molar-refractivity contribution < 1.29 is 4.42 Å². The van der Waals surface area contributed by atoms with Gasteiger partial charge in [-0.3, -0.25) is 4.57 Å². The van der Waals surface area contributed by atoms with Crippen LogP contribution in [0, 0.1) is 0 Å². The summed E-state index contributed by atoms with van der Waals surface area (Å²) in [5.41, 5.74) is 11.5. The minimum absolute atomic E-state index is 0.558. The number of para-hydroxylation sites is 5. The van der Waals surface area contributed by atoms with Crippen LogP contribution in [0.5, 0.6) is 0 Å². The van der Waals surface area contributed by atoms with E-state index in [-0.39, 0.29) is 0 Å². The van der Waals surface area contributed by atoms with Crippen molar-refractivity contribution >= 4 is 115 Å². The second-order valence-corrected chi connectivity index (χ2v) is 16.5. The lowest BCUT2D eigenvalue weighted by atomic mass is 10.00. The summed E-state index contributed by atoms with van der Waals surface area (Å²) in [5.74, 6) is 1.40. The summed E-state index contributed by atoms with van der Waals surface area (Å²) in [6, 6.07) is 67.4. The van der Waals surface area contributed by atoms with Gasteiger partial charge in [0.05, 0.1) is 44.0 Å². The molecule has 0 saturated heterocycles. The minimum atomic E-state index is 0.558. The topological polar surface area (TPSA) is 53.2 Å². The molecule has 0 saturated carbocycles. The van der Waals surface area contributed by atoms with Gasteiger partial charge in [-0.15, -0.1) is 0 Å². The number of aromatic nitrogens is 5. The lowest BCUT2D eigenvalue weighted by Gasteiger charge is -2.12. The van der Waals surface area contributed by atoms with Crippen LogP contribution < -0.4 is 0 Å². The molecule has 6 aromatic heterocycles. The summed E-state index contributed by atoms with van der Waals surface area (Å²) in [6.45, 7) is 0. The first-order valence-electron chi connectivity index (χ1n) is 21.1. The van der Waals surface area contributed by atoms with Crippen LogP contribution in [0.3, 0.4) is 0 Å². The van der Waals surface area contributed by atoms with Gasteiger partial charge in [0.25, 0.3) is 0 Å². The van der Waals surface area contributed by atoms with Gasteiger partial charge in [0.2, 0.25) is 5.71 Å². The Labute approximate surface area is 352 Å². The van der Waals surface area contributed by atoms with Crippen LogP contribution in [-0.4, -0.2) is 23.5 Å². The molecule has 9 aromatic carbocycles. The second-order valence-electron chi connectivity index (χ2n) is 16.5. The third-order valence-electron chi connectivity index (χ3n) is 13.4. The molecule has 0 spiro atoms. The fourth-order valence-electron chi connectivity index (χ4n) is 10.9. The first kappa shape index (κ1) is 32.4. The van der Waals surface area contributed by atoms with Gasteiger partial charge in [0, 0.05) is 59.7 Å². The van der Waals surface area contributed by atoms with E-state index in [2.05, 4.69) is 189 Å². The Hall–Kier alpha value is -8.48. The Morgan fingerprint density at radius 2 is 1.02 bits per heavy atom. The Morgan fingerprint density at radius 3 is 1.85 bits per heavy atom. The van der Waals surface area contributed by atoms with E-state index in [9.17, 15) is 0 Å². The van der Waals surface area contributed by atoms with Crippen LogP contribution >= 0.6 is 0 Å². The lowest BCUT2D eigenvalue weighted by molar-refractivity contribution is 0.653. The molecule has 0 fully saturated rings. The molecule has 0 radical (unpaired) electrons. The lowest BCUT2D eigenvalue weighted by Crippen LogP contribution is -2.02. The van der Waals surface area contributed by atoms with E-state index >= 15 is 0 Å². The summed E-state index contributed by atoms with van der Waals surface area (Å²) < 4.78 is 13.9. The molecule has 15 rings (SSSR count). The van der Waals surface area contributed by atoms with Crippen LogP contribution in [-0.2, 0) is 0 Å². The third kappa shape index (κ3) is 4.04. The number of benzene rings is 9. The van der Waals surface area contributed by atoms with E-state index in [1.165, 1.54) is 65.0 Å². The van der Waals surface area contributed by atoms with E-state index in [1.807, 2.05) is 12.1 Å². The highest BCUT2D eigenvalue weighted by molar-refractivity contribution is 6.36. The monoisotopic (exact) mass is 789 g/mol. The van der Waals surface area contributed by atoms with Crippen molar-refractivity contribution in [3.8, 4) is 22.9 Å². The fourth-order valence-corrected chi connectivity index (χ4v) is 10.9. The Balaban J connectivity index is 1.10. The highest BCUT2D eigenvalue weighted by Gasteiger charge is 2.28. The van der Waals surface area contributed by atoms with Gasteiger partial charge in [-0.05, 0) is 77.5 Å². The van der Waals surface area contributed by atoms with Gasteiger partial charge in [0.1, 0.15) is 5.58 Å². The molecule has 0 N–H and O–H groups in total. The van der Waals surface area contributed by atoms with Crippen molar-refractivity contribution in [3.05, 3.63) is 188 Å². The Kier molecular flexibility index (Phi) is 6.07. The molecule has 0 aliphatic heterocycles. The highest BCUT2D eigenvalue weighted by Crippen LogP contribution is 2.49. The van der Waals surface area contributed by atoms with E-state index in [0.29, 0.717) is 11.5 Å². The van der Waals surface area contributed by atoms with Crippen LogP contribution in [0.1, 0.15) is 0 Å². The smallest absolute Gasteiger partial charge is 0.233 e. The minimum Gasteiger partial charge on any atom is -0.437 e. The molecular formula is C56H31N5O. The maximum absolute atomic E-state index is 6.70. The predicted octanol–water partition coefficient (Wildman–Crippen LogP) is 14.5. The number of hydrogen-bond acceptors (Lipinski definition) is 3. The molecule has 6 heterocycles. The maximum Gasteiger partial charge on any atom is 0.233 e. The zero-order chi connectivity index (χ0) is 40.2. The first-order valence-corrected chi connectivity index (χ1v) is 21.1. The van der Waals surface area contributed by atoms with Gasteiger partial charge < -0.3 is 13.4 Å². The average molecular weight is 790 g/mol. The van der Waals surface area contributed by atoms with E-state index < -0.39 is 0 Å². The van der Waals surface area contributed by atoms with Crippen molar-refractivity contribution in [3.63, 3.8) is 0 Å². The van der Waals surface area contributed by atoms with E-state index in [1.54, 1.807) is 0 Å². The van der Waals surface area contributed by atoms with Gasteiger partial charge in [0.15, 0.2) is 11.6 Å². The Morgan fingerprint density at radius 1 is 0.371 bits per heavy atom. The number of hydrogen-bond donors (Lipinski definition) is 0. The molecule has 286 valence electrons. The quantitative estimate of drug-likeness (QED) is 0.179. The third-order valence-corrected chi connectivity index (χ3v) is 13.4. The first-order chi connectivity index (χ1) is 30.8. The molecule has 0 bridgehead atoms.